The van der Waals surface area contributed by atoms with Gasteiger partial charge in [-0.3, -0.25) is 4.79 Å². The van der Waals surface area contributed by atoms with Crippen LogP contribution in [-0.2, 0) is 6.42 Å². The van der Waals surface area contributed by atoms with Crippen molar-refractivity contribution in [2.75, 3.05) is 26.0 Å². The number of furan rings is 1. The molecule has 2 aromatic heterocycles. The Bertz CT molecular complexity index is 1860. The molecule has 6 rings (SSSR count). The van der Waals surface area contributed by atoms with Crippen molar-refractivity contribution in [2.24, 2.45) is 4.99 Å². The molecule has 206 valence electrons. The number of anilines is 1. The lowest BCUT2D eigenvalue weighted by Gasteiger charge is -2.18. The molecule has 0 unspecified atom stereocenters. The number of carbonyl (C=O) groups excluding carboxylic acids is 1. The monoisotopic (exact) mass is 548 g/mol. The van der Waals surface area contributed by atoms with Gasteiger partial charge in [0, 0.05) is 74.0 Å². The molecule has 2 aliphatic rings. The standard InChI is InChI=1S/C33H29FN4O3/c1-5-7-19-14-21(16-22(15-19)33-37-31-27(41-33)8-6-13-36-31)24-17-25-28(18-26(24)38(3)4)40-30(29(25)32(39)35-2)20-9-11-23(34)12-10-20/h9,11,13-18H,6,8,10,12H2,1-4H3,(H,35,39). The maximum atomic E-state index is 13.8. The number of hydrogen-bond acceptors (Lipinski definition) is 6. The summed E-state index contributed by atoms with van der Waals surface area (Å²) in [5.74, 6) is 8.05. The summed E-state index contributed by atoms with van der Waals surface area (Å²) in [6.07, 6.45) is 7.29. The average Bonchev–Trinajstić information content (AvgIpc) is 3.58. The molecule has 0 spiro atoms. The first-order chi connectivity index (χ1) is 19.9. The number of fused-ring (bicyclic) bond motifs is 2. The normalized spacial score (nSPS) is 14.2. The van der Waals surface area contributed by atoms with E-state index in [4.69, 9.17) is 8.83 Å². The molecule has 4 aromatic rings. The van der Waals surface area contributed by atoms with E-state index in [0.29, 0.717) is 40.4 Å². The second-order valence-corrected chi connectivity index (χ2v) is 10.2. The zero-order chi connectivity index (χ0) is 28.7. The fraction of sp³-hybridized carbons (Fsp3) is 0.242. The Balaban J connectivity index is 1.58. The molecule has 0 saturated heterocycles. The molecule has 1 amide bonds. The summed E-state index contributed by atoms with van der Waals surface area (Å²) in [6.45, 7) is 1.80. The smallest absolute Gasteiger partial charge is 0.255 e. The summed E-state index contributed by atoms with van der Waals surface area (Å²) >= 11 is 0. The molecule has 41 heavy (non-hydrogen) atoms. The summed E-state index contributed by atoms with van der Waals surface area (Å²) in [5, 5.41) is 3.42. The van der Waals surface area contributed by atoms with Gasteiger partial charge in [0.05, 0.1) is 5.56 Å². The number of hydrogen-bond donors (Lipinski definition) is 1. The van der Waals surface area contributed by atoms with Crippen molar-refractivity contribution in [1.29, 1.82) is 0 Å². The van der Waals surface area contributed by atoms with Crippen LogP contribution in [0.15, 0.2) is 62.1 Å². The number of nitrogens with zero attached hydrogens (tertiary/aromatic N) is 3. The Hall–Kier alpha value is -4.90. The van der Waals surface area contributed by atoms with Gasteiger partial charge in [-0.25, -0.2) is 9.38 Å². The Morgan fingerprint density at radius 2 is 1.88 bits per heavy atom. The number of aryl methyl sites for hydroxylation is 1. The van der Waals surface area contributed by atoms with Crippen LogP contribution in [0.2, 0.25) is 0 Å². The molecule has 2 aromatic carbocycles. The summed E-state index contributed by atoms with van der Waals surface area (Å²) in [6, 6.07) is 9.93. The summed E-state index contributed by atoms with van der Waals surface area (Å²) in [5.41, 5.74) is 6.06. The Labute approximate surface area is 237 Å². The molecule has 8 heteroatoms. The third-order valence-electron chi connectivity index (χ3n) is 7.28. The second-order valence-electron chi connectivity index (χ2n) is 10.2. The summed E-state index contributed by atoms with van der Waals surface area (Å²) in [4.78, 5) is 24.2. The Morgan fingerprint density at radius 1 is 1.05 bits per heavy atom. The molecule has 3 heterocycles. The number of benzene rings is 2. The zero-order valence-corrected chi connectivity index (χ0v) is 23.4. The van der Waals surface area contributed by atoms with E-state index in [0.717, 1.165) is 52.1 Å². The van der Waals surface area contributed by atoms with Gasteiger partial charge in [-0.2, -0.15) is 4.98 Å². The third-order valence-corrected chi connectivity index (χ3v) is 7.28. The average molecular weight is 549 g/mol. The van der Waals surface area contributed by atoms with E-state index >= 15 is 0 Å². The lowest BCUT2D eigenvalue weighted by molar-refractivity contribution is 0.0963. The number of nitrogens with one attached hydrogen (secondary N) is 1. The first-order valence-electron chi connectivity index (χ1n) is 13.5. The van der Waals surface area contributed by atoms with E-state index in [1.807, 2.05) is 55.5 Å². The number of allylic oxidation sites excluding steroid dienone is 4. The van der Waals surface area contributed by atoms with Gasteiger partial charge in [0.15, 0.2) is 11.6 Å². The topological polar surface area (TPSA) is 83.9 Å². The largest absolute Gasteiger partial charge is 0.455 e. The first-order valence-corrected chi connectivity index (χ1v) is 13.5. The molecule has 1 aliphatic carbocycles. The van der Waals surface area contributed by atoms with E-state index in [9.17, 15) is 9.18 Å². The second kappa shape index (κ2) is 10.6. The number of rotatable bonds is 5. The summed E-state index contributed by atoms with van der Waals surface area (Å²) < 4.78 is 26.2. The van der Waals surface area contributed by atoms with Crippen LogP contribution in [0.5, 0.6) is 0 Å². The minimum atomic E-state index is -0.268. The highest BCUT2D eigenvalue weighted by molar-refractivity contribution is 6.11. The van der Waals surface area contributed by atoms with Crippen LogP contribution in [0.4, 0.5) is 15.9 Å². The van der Waals surface area contributed by atoms with Gasteiger partial charge in [0.1, 0.15) is 17.2 Å². The van der Waals surface area contributed by atoms with E-state index in [2.05, 4.69) is 27.1 Å². The zero-order valence-electron chi connectivity index (χ0n) is 23.4. The van der Waals surface area contributed by atoms with Gasteiger partial charge < -0.3 is 19.1 Å². The lowest BCUT2D eigenvalue weighted by atomic mass is 9.94. The highest BCUT2D eigenvalue weighted by Gasteiger charge is 2.26. The third kappa shape index (κ3) is 4.84. The minimum Gasteiger partial charge on any atom is -0.455 e. The fourth-order valence-corrected chi connectivity index (χ4v) is 5.31. The maximum Gasteiger partial charge on any atom is 0.255 e. The SMILES string of the molecule is CC#Cc1cc(-c2nc3c(o2)CCC=N3)cc(-c2cc3c(C(=O)NC)c(C4=CC=C(F)CC4)oc3cc2N(C)C)c1. The molecule has 0 atom stereocenters. The first kappa shape index (κ1) is 26.3. The van der Waals surface area contributed by atoms with Crippen molar-refractivity contribution in [3.8, 4) is 34.4 Å². The van der Waals surface area contributed by atoms with Crippen molar-refractivity contribution in [3.05, 3.63) is 71.0 Å². The maximum absolute atomic E-state index is 13.8. The van der Waals surface area contributed by atoms with Gasteiger partial charge >= 0.3 is 0 Å². The van der Waals surface area contributed by atoms with Gasteiger partial charge in [-0.1, -0.05) is 12.0 Å². The van der Waals surface area contributed by atoms with Crippen LogP contribution in [-0.4, -0.2) is 38.2 Å². The molecular formula is C33H29FN4O3. The predicted octanol–water partition coefficient (Wildman–Crippen LogP) is 7.23. The predicted molar refractivity (Wildman–Crippen MR) is 160 cm³/mol. The molecule has 1 N–H and O–H groups in total. The number of amides is 1. The highest BCUT2D eigenvalue weighted by atomic mass is 19.1. The quantitative estimate of drug-likeness (QED) is 0.266. The minimum absolute atomic E-state index is 0.187. The molecule has 1 aliphatic heterocycles. The molecule has 0 saturated carbocycles. The van der Waals surface area contributed by atoms with Crippen LogP contribution in [0.1, 0.15) is 53.6 Å². The Morgan fingerprint density at radius 3 is 2.59 bits per heavy atom. The molecule has 0 bridgehead atoms. The van der Waals surface area contributed by atoms with Crippen LogP contribution >= 0.6 is 0 Å². The fourth-order valence-electron chi connectivity index (χ4n) is 5.31. The molecule has 0 radical (unpaired) electrons. The number of carbonyl (C=O) groups is 1. The van der Waals surface area contributed by atoms with Crippen LogP contribution in [0, 0.1) is 11.8 Å². The molecule has 7 nitrogen and oxygen atoms in total. The highest BCUT2D eigenvalue weighted by Crippen LogP contribution is 2.42. The van der Waals surface area contributed by atoms with Crippen LogP contribution < -0.4 is 10.2 Å². The number of halogens is 1. The van der Waals surface area contributed by atoms with E-state index in [-0.39, 0.29) is 18.2 Å². The van der Waals surface area contributed by atoms with E-state index in [1.54, 1.807) is 20.0 Å². The van der Waals surface area contributed by atoms with Gasteiger partial charge in [-0.05, 0) is 61.2 Å². The number of aromatic nitrogens is 1. The number of aliphatic imine (C=N–C) groups is 1. The molecular weight excluding hydrogens is 519 g/mol. The van der Waals surface area contributed by atoms with Crippen molar-refractivity contribution < 1.29 is 18.0 Å². The Kier molecular flexibility index (Phi) is 6.80. The molecule has 0 fully saturated rings. The van der Waals surface area contributed by atoms with Gasteiger partial charge in [0.25, 0.3) is 5.91 Å². The van der Waals surface area contributed by atoms with Crippen molar-refractivity contribution >= 4 is 40.2 Å². The lowest BCUT2D eigenvalue weighted by Crippen LogP contribution is -2.19. The number of oxazole rings is 1. The van der Waals surface area contributed by atoms with Crippen LogP contribution in [0.25, 0.3) is 39.1 Å². The van der Waals surface area contributed by atoms with E-state index < -0.39 is 0 Å². The van der Waals surface area contributed by atoms with Crippen LogP contribution in [0.3, 0.4) is 0 Å². The summed E-state index contributed by atoms with van der Waals surface area (Å²) in [7, 11) is 5.51. The van der Waals surface area contributed by atoms with Gasteiger partial charge in [-0.15, -0.1) is 5.92 Å². The van der Waals surface area contributed by atoms with Crippen molar-refractivity contribution in [3.63, 3.8) is 0 Å². The van der Waals surface area contributed by atoms with Gasteiger partial charge in [0.2, 0.25) is 5.89 Å². The van der Waals surface area contributed by atoms with E-state index in [1.165, 1.54) is 6.08 Å². The van der Waals surface area contributed by atoms with Crippen molar-refractivity contribution in [2.45, 2.75) is 32.6 Å². The van der Waals surface area contributed by atoms with Crippen molar-refractivity contribution in [1.82, 2.24) is 10.3 Å².